The molecule has 0 radical (unpaired) electrons. The maximum atomic E-state index is 11.8. The van der Waals surface area contributed by atoms with E-state index in [2.05, 4.69) is 4.79 Å². The minimum absolute atomic E-state index is 0.104. The highest BCUT2D eigenvalue weighted by Gasteiger charge is 2.36. The second-order valence-corrected chi connectivity index (χ2v) is 3.97. The molecule has 0 bridgehead atoms. The van der Waals surface area contributed by atoms with E-state index in [9.17, 15) is 9.59 Å². The summed E-state index contributed by atoms with van der Waals surface area (Å²) in [6, 6.07) is 6.45. The smallest absolute Gasteiger partial charge is 0.421 e. The van der Waals surface area contributed by atoms with Crippen molar-refractivity contribution in [3.05, 3.63) is 35.4 Å². The highest BCUT2D eigenvalue weighted by molar-refractivity contribution is 6.35. The fourth-order valence-corrected chi connectivity index (χ4v) is 1.63. The Bertz CT molecular complexity index is 561. The van der Waals surface area contributed by atoms with Crippen LogP contribution in [-0.2, 0) is 19.1 Å². The molecular weight excluding hydrogens is 276 g/mol. The van der Waals surface area contributed by atoms with Crippen molar-refractivity contribution in [1.82, 2.24) is 0 Å². The number of carbonyl (C=O) groups is 2. The van der Waals surface area contributed by atoms with Gasteiger partial charge >= 0.3 is 17.7 Å². The number of hydrogen-bond acceptors (Lipinski definition) is 5. The number of nitrogens with zero attached hydrogens (tertiary/aromatic N) is 2. The van der Waals surface area contributed by atoms with Gasteiger partial charge in [0.25, 0.3) is 0 Å². The van der Waals surface area contributed by atoms with Gasteiger partial charge in [-0.15, -0.1) is 0 Å². The largest absolute Gasteiger partial charge is 0.497 e. The van der Waals surface area contributed by atoms with Crippen molar-refractivity contribution in [1.29, 1.82) is 0 Å². The van der Waals surface area contributed by atoms with Crippen molar-refractivity contribution in [3.63, 3.8) is 0 Å². The van der Waals surface area contributed by atoms with Crippen LogP contribution in [0.1, 0.15) is 25.5 Å². The van der Waals surface area contributed by atoms with Crippen LogP contribution >= 0.6 is 0 Å². The number of hydrogen-bond donors (Lipinski definition) is 0. The van der Waals surface area contributed by atoms with Gasteiger partial charge in [-0.3, -0.25) is 4.79 Å². The third-order valence-electron chi connectivity index (χ3n) is 2.54. The molecule has 7 nitrogen and oxygen atoms in total. The molecule has 0 amide bonds. The van der Waals surface area contributed by atoms with Gasteiger partial charge in [-0.25, -0.2) is 4.79 Å². The quantitative estimate of drug-likeness (QED) is 0.343. The van der Waals surface area contributed by atoms with E-state index in [0.717, 1.165) is 0 Å². The zero-order valence-corrected chi connectivity index (χ0v) is 12.0. The Morgan fingerprint density at radius 3 is 2.33 bits per heavy atom. The molecule has 21 heavy (non-hydrogen) atoms. The molecule has 0 aliphatic carbocycles. The summed E-state index contributed by atoms with van der Waals surface area (Å²) in [6.07, 6.45) is -1.16. The van der Waals surface area contributed by atoms with Crippen molar-refractivity contribution < 1.29 is 28.6 Å². The van der Waals surface area contributed by atoms with E-state index in [0.29, 0.717) is 11.3 Å². The van der Waals surface area contributed by atoms with E-state index in [1.807, 2.05) is 0 Å². The average Bonchev–Trinajstić information content (AvgIpc) is 2.47. The molecule has 112 valence electrons. The number of benzene rings is 1. The van der Waals surface area contributed by atoms with Crippen LogP contribution in [0.4, 0.5) is 0 Å². The first-order valence-corrected chi connectivity index (χ1v) is 6.23. The van der Waals surface area contributed by atoms with E-state index in [1.54, 1.807) is 31.2 Å². The van der Waals surface area contributed by atoms with Gasteiger partial charge < -0.3 is 19.7 Å². The molecule has 0 aliphatic heterocycles. The summed E-state index contributed by atoms with van der Waals surface area (Å²) in [4.78, 5) is 25.9. The van der Waals surface area contributed by atoms with Crippen LogP contribution in [0.25, 0.3) is 5.53 Å². The standard InChI is InChI=1S/C14H16N2O5/c1-4-20-14(18)12(16-15)13(21-9(2)17)10-5-7-11(19-3)8-6-10/h5-8,13H,4H2,1-3H3. The first kappa shape index (κ1) is 16.4. The molecule has 1 aromatic carbocycles. The maximum absolute atomic E-state index is 11.8. The minimum atomic E-state index is -1.16. The number of rotatable bonds is 6. The van der Waals surface area contributed by atoms with E-state index in [4.69, 9.17) is 19.7 Å². The Hall–Kier alpha value is -2.66. The number of methoxy groups -OCH3 is 1. The Kier molecular flexibility index (Phi) is 6.10. The molecule has 0 spiro atoms. The third kappa shape index (κ3) is 4.43. The van der Waals surface area contributed by atoms with Crippen molar-refractivity contribution in [2.24, 2.45) is 0 Å². The number of esters is 2. The highest BCUT2D eigenvalue weighted by atomic mass is 16.6. The predicted octanol–water partition coefficient (Wildman–Crippen LogP) is 1.53. The van der Waals surface area contributed by atoms with Gasteiger partial charge in [0.2, 0.25) is 6.10 Å². The fourth-order valence-electron chi connectivity index (χ4n) is 1.63. The SMILES string of the molecule is CCOC(=O)C(=[N+]=[N-])C(OC(C)=O)c1ccc(OC)cc1. The molecule has 0 fully saturated rings. The van der Waals surface area contributed by atoms with Gasteiger partial charge in [0.1, 0.15) is 5.75 Å². The van der Waals surface area contributed by atoms with E-state index >= 15 is 0 Å². The lowest BCUT2D eigenvalue weighted by Gasteiger charge is -2.13. The summed E-state index contributed by atoms with van der Waals surface area (Å²) in [7, 11) is 1.51. The first-order valence-electron chi connectivity index (χ1n) is 6.23. The highest BCUT2D eigenvalue weighted by Crippen LogP contribution is 2.22. The van der Waals surface area contributed by atoms with Crippen LogP contribution in [0.15, 0.2) is 24.3 Å². The van der Waals surface area contributed by atoms with Gasteiger partial charge in [-0.05, 0) is 19.1 Å². The Morgan fingerprint density at radius 1 is 1.29 bits per heavy atom. The third-order valence-corrected chi connectivity index (χ3v) is 2.54. The molecule has 1 rings (SSSR count). The minimum Gasteiger partial charge on any atom is -0.497 e. The molecule has 0 saturated carbocycles. The van der Waals surface area contributed by atoms with Gasteiger partial charge in [0, 0.05) is 12.5 Å². The van der Waals surface area contributed by atoms with E-state index in [1.165, 1.54) is 14.0 Å². The molecule has 0 heterocycles. The normalized spacial score (nSPS) is 11.0. The molecular formula is C14H16N2O5. The molecule has 1 aromatic rings. The predicted molar refractivity (Wildman–Crippen MR) is 72.8 cm³/mol. The van der Waals surface area contributed by atoms with Crippen molar-refractivity contribution in [2.45, 2.75) is 20.0 Å². The van der Waals surface area contributed by atoms with E-state index in [-0.39, 0.29) is 6.61 Å². The van der Waals surface area contributed by atoms with E-state index < -0.39 is 23.8 Å². The first-order chi connectivity index (χ1) is 10.0. The molecule has 0 aromatic heterocycles. The Balaban J connectivity index is 3.17. The topological polar surface area (TPSA) is 98.2 Å². The lowest BCUT2D eigenvalue weighted by atomic mass is 10.0. The fraction of sp³-hybridized carbons (Fsp3) is 0.357. The molecule has 1 unspecified atom stereocenters. The molecule has 1 atom stereocenters. The van der Waals surface area contributed by atoms with Gasteiger partial charge in [0.15, 0.2) is 0 Å². The van der Waals surface area contributed by atoms with Crippen LogP contribution < -0.4 is 4.74 Å². The van der Waals surface area contributed by atoms with Gasteiger partial charge in [0.05, 0.1) is 13.7 Å². The zero-order valence-electron chi connectivity index (χ0n) is 12.0. The number of ether oxygens (including phenoxy) is 3. The van der Waals surface area contributed by atoms with Crippen molar-refractivity contribution >= 4 is 17.7 Å². The van der Waals surface area contributed by atoms with Gasteiger partial charge in [-0.1, -0.05) is 12.1 Å². The zero-order chi connectivity index (χ0) is 15.8. The van der Waals surface area contributed by atoms with Crippen LogP contribution in [0.3, 0.4) is 0 Å². The maximum Gasteiger partial charge on any atom is 0.421 e. The van der Waals surface area contributed by atoms with Gasteiger partial charge in [-0.2, -0.15) is 4.79 Å². The lowest BCUT2D eigenvalue weighted by molar-refractivity contribution is -0.149. The van der Waals surface area contributed by atoms with Crippen molar-refractivity contribution in [3.8, 4) is 5.75 Å². The molecule has 0 N–H and O–H groups in total. The second kappa shape index (κ2) is 7.81. The summed E-state index contributed by atoms with van der Waals surface area (Å²) in [5.74, 6) is -0.887. The Morgan fingerprint density at radius 2 is 1.90 bits per heavy atom. The summed E-state index contributed by atoms with van der Waals surface area (Å²) in [6.45, 7) is 2.91. The molecule has 0 saturated heterocycles. The second-order valence-electron chi connectivity index (χ2n) is 3.97. The summed E-state index contributed by atoms with van der Waals surface area (Å²) in [5.41, 5.74) is 9.09. The van der Waals surface area contributed by atoms with Crippen LogP contribution in [0.5, 0.6) is 5.75 Å². The van der Waals surface area contributed by atoms with Crippen molar-refractivity contribution in [2.75, 3.05) is 13.7 Å². The van der Waals surface area contributed by atoms with Crippen LogP contribution in [-0.4, -0.2) is 36.2 Å². The summed E-state index contributed by atoms with van der Waals surface area (Å²) < 4.78 is 14.9. The average molecular weight is 292 g/mol. The summed E-state index contributed by atoms with van der Waals surface area (Å²) in [5, 5.41) is 0. The van der Waals surface area contributed by atoms with Crippen LogP contribution in [0.2, 0.25) is 0 Å². The molecule has 7 heteroatoms. The lowest BCUT2D eigenvalue weighted by Crippen LogP contribution is -2.28. The molecule has 0 aliphatic rings. The van der Waals surface area contributed by atoms with Crippen LogP contribution in [0, 0.1) is 0 Å². The number of carbonyl (C=O) groups excluding carboxylic acids is 2. The Labute approximate surface area is 122 Å². The summed E-state index contributed by atoms with van der Waals surface area (Å²) >= 11 is 0. The monoisotopic (exact) mass is 292 g/mol.